The number of aromatic nitrogens is 2. The maximum atomic E-state index is 12.6. The fourth-order valence-corrected chi connectivity index (χ4v) is 3.68. The Hall–Kier alpha value is -2.95. The Labute approximate surface area is 152 Å². The Balaban J connectivity index is 2.00. The van der Waals surface area contributed by atoms with E-state index in [0.717, 1.165) is 28.9 Å². The fraction of sp³-hybridized carbons (Fsp3) is 0.286. The highest BCUT2D eigenvalue weighted by Crippen LogP contribution is 2.42. The smallest absolute Gasteiger partial charge is 0.341 e. The number of rotatable bonds is 3. The lowest BCUT2D eigenvalue weighted by Gasteiger charge is -2.28. The Morgan fingerprint density at radius 1 is 1.27 bits per heavy atom. The number of carbonyl (C=O) groups excluding carboxylic acids is 1. The average Bonchev–Trinajstić information content (AvgIpc) is 2.96. The zero-order chi connectivity index (χ0) is 18.3. The molecule has 3 heterocycles. The summed E-state index contributed by atoms with van der Waals surface area (Å²) in [4.78, 5) is 23.8. The maximum absolute atomic E-state index is 12.6. The Kier molecular flexibility index (Phi) is 4.07. The van der Waals surface area contributed by atoms with E-state index in [1.807, 2.05) is 32.0 Å². The van der Waals surface area contributed by atoms with Gasteiger partial charge in [-0.1, -0.05) is 18.2 Å². The molecule has 0 saturated carbocycles. The summed E-state index contributed by atoms with van der Waals surface area (Å²) in [5.41, 5.74) is 5.25. The van der Waals surface area contributed by atoms with E-state index in [2.05, 4.69) is 40.0 Å². The number of fused-ring (bicyclic) bond motifs is 2. The SMILES string of the molecule is CCOC(=O)c1cnc2nc(C)ccc2c1N1c2ccccc2CC1C. The Bertz CT molecular complexity index is 1000. The van der Waals surface area contributed by atoms with Gasteiger partial charge in [-0.25, -0.2) is 14.8 Å². The number of hydrogen-bond donors (Lipinski definition) is 0. The molecule has 0 bridgehead atoms. The minimum Gasteiger partial charge on any atom is -0.462 e. The van der Waals surface area contributed by atoms with Crippen molar-refractivity contribution in [1.29, 1.82) is 0 Å². The van der Waals surface area contributed by atoms with Crippen molar-refractivity contribution in [2.75, 3.05) is 11.5 Å². The van der Waals surface area contributed by atoms with Gasteiger partial charge in [0, 0.05) is 29.0 Å². The van der Waals surface area contributed by atoms with E-state index < -0.39 is 0 Å². The number of hydrogen-bond acceptors (Lipinski definition) is 5. The number of esters is 1. The third-order valence-electron chi connectivity index (χ3n) is 4.78. The molecule has 0 amide bonds. The second kappa shape index (κ2) is 6.41. The summed E-state index contributed by atoms with van der Waals surface area (Å²) < 4.78 is 5.30. The van der Waals surface area contributed by atoms with Crippen molar-refractivity contribution in [3.05, 3.63) is 59.4 Å². The lowest BCUT2D eigenvalue weighted by atomic mass is 10.1. The van der Waals surface area contributed by atoms with Gasteiger partial charge < -0.3 is 9.64 Å². The van der Waals surface area contributed by atoms with Crippen LogP contribution in [0, 0.1) is 6.92 Å². The van der Waals surface area contributed by atoms with Crippen LogP contribution in [-0.4, -0.2) is 28.6 Å². The highest BCUT2D eigenvalue weighted by molar-refractivity contribution is 6.06. The van der Waals surface area contributed by atoms with Gasteiger partial charge in [0.25, 0.3) is 0 Å². The van der Waals surface area contributed by atoms with Gasteiger partial charge in [0.15, 0.2) is 5.65 Å². The van der Waals surface area contributed by atoms with Gasteiger partial charge in [0.05, 0.1) is 12.3 Å². The second-order valence-electron chi connectivity index (χ2n) is 6.62. The third-order valence-corrected chi connectivity index (χ3v) is 4.78. The van der Waals surface area contributed by atoms with Crippen molar-refractivity contribution in [3.8, 4) is 0 Å². The summed E-state index contributed by atoms with van der Waals surface area (Å²) >= 11 is 0. The predicted octanol–water partition coefficient (Wildman–Crippen LogP) is 4.20. The molecular formula is C21H21N3O2. The lowest BCUT2D eigenvalue weighted by Crippen LogP contribution is -2.26. The molecule has 1 aliphatic heterocycles. The van der Waals surface area contributed by atoms with Crippen LogP contribution in [0.4, 0.5) is 11.4 Å². The number of pyridine rings is 2. The van der Waals surface area contributed by atoms with Crippen LogP contribution < -0.4 is 4.90 Å². The quantitative estimate of drug-likeness (QED) is 0.665. The molecule has 4 rings (SSSR count). The molecule has 0 fully saturated rings. The van der Waals surface area contributed by atoms with E-state index in [9.17, 15) is 4.79 Å². The summed E-state index contributed by atoms with van der Waals surface area (Å²) in [6, 6.07) is 12.5. The number of ether oxygens (including phenoxy) is 1. The maximum Gasteiger partial charge on any atom is 0.341 e. The largest absolute Gasteiger partial charge is 0.462 e. The summed E-state index contributed by atoms with van der Waals surface area (Å²) in [7, 11) is 0. The fourth-order valence-electron chi connectivity index (χ4n) is 3.68. The minimum atomic E-state index is -0.353. The highest BCUT2D eigenvalue weighted by atomic mass is 16.5. The van der Waals surface area contributed by atoms with Crippen LogP contribution >= 0.6 is 0 Å². The van der Waals surface area contributed by atoms with Crippen molar-refractivity contribution in [2.45, 2.75) is 33.2 Å². The van der Waals surface area contributed by atoms with E-state index in [4.69, 9.17) is 4.74 Å². The van der Waals surface area contributed by atoms with E-state index >= 15 is 0 Å². The predicted molar refractivity (Wildman–Crippen MR) is 102 cm³/mol. The van der Waals surface area contributed by atoms with E-state index in [1.165, 1.54) is 5.56 Å². The Morgan fingerprint density at radius 3 is 2.88 bits per heavy atom. The van der Waals surface area contributed by atoms with Crippen molar-refractivity contribution in [1.82, 2.24) is 9.97 Å². The van der Waals surface area contributed by atoms with Crippen molar-refractivity contribution < 1.29 is 9.53 Å². The molecule has 132 valence electrons. The number of aryl methyl sites for hydroxylation is 1. The van der Waals surface area contributed by atoms with Gasteiger partial charge in [0.2, 0.25) is 0 Å². The van der Waals surface area contributed by atoms with Crippen LogP contribution in [0.25, 0.3) is 11.0 Å². The first-order chi connectivity index (χ1) is 12.6. The molecule has 26 heavy (non-hydrogen) atoms. The van der Waals surface area contributed by atoms with Crippen LogP contribution in [0.1, 0.15) is 35.5 Å². The average molecular weight is 347 g/mol. The van der Waals surface area contributed by atoms with Crippen LogP contribution in [0.5, 0.6) is 0 Å². The topological polar surface area (TPSA) is 55.3 Å². The van der Waals surface area contributed by atoms with Gasteiger partial charge in [-0.05, 0) is 51.0 Å². The van der Waals surface area contributed by atoms with Crippen LogP contribution in [0.15, 0.2) is 42.6 Å². The van der Waals surface area contributed by atoms with Crippen LogP contribution in [-0.2, 0) is 11.2 Å². The number of anilines is 2. The lowest BCUT2D eigenvalue weighted by molar-refractivity contribution is 0.0527. The molecule has 2 aromatic heterocycles. The van der Waals surface area contributed by atoms with Crippen LogP contribution in [0.2, 0.25) is 0 Å². The molecule has 1 aliphatic rings. The number of nitrogens with zero attached hydrogens (tertiary/aromatic N) is 3. The van der Waals surface area contributed by atoms with Crippen molar-refractivity contribution in [3.63, 3.8) is 0 Å². The number of para-hydroxylation sites is 1. The molecule has 0 spiro atoms. The molecule has 1 unspecified atom stereocenters. The first-order valence-electron chi connectivity index (χ1n) is 8.90. The molecule has 1 atom stereocenters. The normalized spacial score (nSPS) is 16.0. The van der Waals surface area contributed by atoms with E-state index in [-0.39, 0.29) is 12.0 Å². The van der Waals surface area contributed by atoms with Gasteiger partial charge in [-0.15, -0.1) is 0 Å². The zero-order valence-corrected chi connectivity index (χ0v) is 15.2. The second-order valence-corrected chi connectivity index (χ2v) is 6.62. The van der Waals surface area contributed by atoms with Gasteiger partial charge in [-0.3, -0.25) is 0 Å². The van der Waals surface area contributed by atoms with Crippen molar-refractivity contribution >= 4 is 28.4 Å². The van der Waals surface area contributed by atoms with E-state index in [0.29, 0.717) is 17.8 Å². The molecule has 5 nitrogen and oxygen atoms in total. The molecule has 0 aliphatic carbocycles. The third kappa shape index (κ3) is 2.60. The molecule has 1 aromatic carbocycles. The summed E-state index contributed by atoms with van der Waals surface area (Å²) in [6.45, 7) is 6.25. The standard InChI is InChI=1S/C21H21N3O2/c1-4-26-21(25)17-12-22-20-16(10-9-13(2)23-20)19(17)24-14(3)11-15-7-5-6-8-18(15)24/h5-10,12,14H,4,11H2,1-3H3. The molecular weight excluding hydrogens is 326 g/mol. The zero-order valence-electron chi connectivity index (χ0n) is 15.2. The molecule has 0 N–H and O–H groups in total. The number of carbonyl (C=O) groups is 1. The summed E-state index contributed by atoms with van der Waals surface area (Å²) in [6.07, 6.45) is 2.53. The van der Waals surface area contributed by atoms with Crippen LogP contribution in [0.3, 0.4) is 0 Å². The first-order valence-corrected chi connectivity index (χ1v) is 8.90. The van der Waals surface area contributed by atoms with Gasteiger partial charge in [0.1, 0.15) is 5.56 Å². The van der Waals surface area contributed by atoms with Crippen molar-refractivity contribution in [2.24, 2.45) is 0 Å². The molecule has 5 heteroatoms. The molecule has 3 aromatic rings. The minimum absolute atomic E-state index is 0.229. The Morgan fingerprint density at radius 2 is 2.08 bits per heavy atom. The first kappa shape index (κ1) is 16.5. The molecule has 0 radical (unpaired) electrons. The number of benzene rings is 1. The molecule has 0 saturated heterocycles. The highest BCUT2D eigenvalue weighted by Gasteiger charge is 2.32. The van der Waals surface area contributed by atoms with Gasteiger partial charge >= 0.3 is 5.97 Å². The van der Waals surface area contributed by atoms with Gasteiger partial charge in [-0.2, -0.15) is 0 Å². The summed E-state index contributed by atoms with van der Waals surface area (Å²) in [5.74, 6) is -0.353. The summed E-state index contributed by atoms with van der Waals surface area (Å²) in [5, 5.41) is 0.865. The monoisotopic (exact) mass is 347 g/mol. The van der Waals surface area contributed by atoms with E-state index in [1.54, 1.807) is 6.20 Å².